The average Bonchev–Trinajstić information content (AvgIpc) is 2.09. The number of halogens is 2. The van der Waals surface area contributed by atoms with Crippen LogP contribution in [0.4, 0.5) is 10.1 Å². The highest BCUT2D eigenvalue weighted by molar-refractivity contribution is 6.19. The van der Waals surface area contributed by atoms with E-state index in [1.165, 1.54) is 6.07 Å². The molecule has 3 heteroatoms. The van der Waals surface area contributed by atoms with Crippen molar-refractivity contribution in [2.45, 2.75) is 6.92 Å². The number of hydrogen-bond acceptors (Lipinski definition) is 1. The van der Waals surface area contributed by atoms with Crippen LogP contribution in [0.5, 0.6) is 0 Å². The lowest BCUT2D eigenvalue weighted by Crippen LogP contribution is -1.93. The predicted molar refractivity (Wildman–Crippen MR) is 55.3 cm³/mol. The topological polar surface area (TPSA) is 26.0 Å². The molecule has 0 aliphatic heterocycles. The summed E-state index contributed by atoms with van der Waals surface area (Å²) in [6.45, 7) is 1.77. The Morgan fingerprint density at radius 3 is 2.85 bits per heavy atom. The molecule has 0 aliphatic rings. The molecular formula is C10H11ClFN. The first-order valence-electron chi connectivity index (χ1n) is 3.93. The molecule has 2 N–H and O–H groups in total. The van der Waals surface area contributed by atoms with Gasteiger partial charge in [0.25, 0.3) is 0 Å². The van der Waals surface area contributed by atoms with Gasteiger partial charge in [-0.25, -0.2) is 4.39 Å². The Labute approximate surface area is 82.0 Å². The lowest BCUT2D eigenvalue weighted by molar-refractivity contribution is 0.624. The van der Waals surface area contributed by atoms with E-state index in [0.717, 1.165) is 5.56 Å². The lowest BCUT2D eigenvalue weighted by atomic mass is 10.1. The molecule has 0 fully saturated rings. The van der Waals surface area contributed by atoms with Crippen LogP contribution in [0.1, 0.15) is 11.1 Å². The van der Waals surface area contributed by atoms with Crippen molar-refractivity contribution in [1.29, 1.82) is 0 Å². The Balaban J connectivity index is 3.08. The van der Waals surface area contributed by atoms with Crippen molar-refractivity contribution in [2.75, 3.05) is 11.6 Å². The molecule has 0 bridgehead atoms. The third-order valence-corrected chi connectivity index (χ3v) is 1.95. The number of nitrogen functional groups attached to an aromatic ring is 1. The number of rotatable bonds is 2. The molecule has 13 heavy (non-hydrogen) atoms. The second-order valence-electron chi connectivity index (χ2n) is 2.79. The van der Waals surface area contributed by atoms with E-state index < -0.39 is 0 Å². The summed E-state index contributed by atoms with van der Waals surface area (Å²) in [6, 6.07) is 3.02. The summed E-state index contributed by atoms with van der Waals surface area (Å²) in [4.78, 5) is 0. The van der Waals surface area contributed by atoms with Crippen LogP contribution < -0.4 is 5.73 Å². The number of benzene rings is 1. The summed E-state index contributed by atoms with van der Waals surface area (Å²) >= 11 is 5.43. The molecular weight excluding hydrogens is 189 g/mol. The zero-order valence-electron chi connectivity index (χ0n) is 7.35. The maximum absolute atomic E-state index is 13.2. The van der Waals surface area contributed by atoms with Crippen molar-refractivity contribution in [1.82, 2.24) is 0 Å². The molecule has 1 nitrogen and oxygen atoms in total. The van der Waals surface area contributed by atoms with E-state index >= 15 is 0 Å². The maximum atomic E-state index is 13.2. The molecule has 1 rings (SSSR count). The lowest BCUT2D eigenvalue weighted by Gasteiger charge is -2.02. The first-order valence-corrected chi connectivity index (χ1v) is 4.46. The highest BCUT2D eigenvalue weighted by Gasteiger charge is 2.01. The third kappa shape index (κ3) is 2.46. The van der Waals surface area contributed by atoms with Gasteiger partial charge in [0.15, 0.2) is 0 Å². The molecule has 0 unspecified atom stereocenters. The number of allylic oxidation sites excluding steroid dienone is 1. The summed E-state index contributed by atoms with van der Waals surface area (Å²) in [7, 11) is 0. The minimum absolute atomic E-state index is 0.270. The van der Waals surface area contributed by atoms with E-state index in [4.69, 9.17) is 17.3 Å². The number of anilines is 1. The molecule has 0 saturated carbocycles. The maximum Gasteiger partial charge on any atom is 0.130 e. The van der Waals surface area contributed by atoms with Gasteiger partial charge < -0.3 is 5.73 Å². The van der Waals surface area contributed by atoms with Crippen LogP contribution in [0.25, 0.3) is 6.08 Å². The Kier molecular flexibility index (Phi) is 3.32. The van der Waals surface area contributed by atoms with Gasteiger partial charge in [0.05, 0.1) is 0 Å². The predicted octanol–water partition coefficient (Wildman–Crippen LogP) is 2.97. The van der Waals surface area contributed by atoms with Crippen molar-refractivity contribution in [3.8, 4) is 0 Å². The number of alkyl halides is 1. The van der Waals surface area contributed by atoms with Gasteiger partial charge in [-0.1, -0.05) is 12.2 Å². The van der Waals surface area contributed by atoms with Gasteiger partial charge >= 0.3 is 0 Å². The quantitative estimate of drug-likeness (QED) is 0.575. The van der Waals surface area contributed by atoms with Crippen LogP contribution >= 0.6 is 11.6 Å². The highest BCUT2D eigenvalue weighted by Crippen LogP contribution is 2.18. The summed E-state index contributed by atoms with van der Waals surface area (Å²) in [5.41, 5.74) is 7.45. The Hall–Kier alpha value is -1.02. The van der Waals surface area contributed by atoms with Gasteiger partial charge in [0, 0.05) is 17.1 Å². The SMILES string of the molecule is Cc1cc(F)c(C=CCCl)cc1N. The minimum Gasteiger partial charge on any atom is -0.398 e. The monoisotopic (exact) mass is 199 g/mol. The number of nitrogens with two attached hydrogens (primary N) is 1. The van der Waals surface area contributed by atoms with Crippen LogP contribution in [0.15, 0.2) is 18.2 Å². The number of hydrogen-bond donors (Lipinski definition) is 1. The smallest absolute Gasteiger partial charge is 0.130 e. The third-order valence-electron chi connectivity index (χ3n) is 1.77. The summed E-state index contributed by atoms with van der Waals surface area (Å²) in [5.74, 6) is 0.0980. The zero-order valence-corrected chi connectivity index (χ0v) is 8.11. The fourth-order valence-corrected chi connectivity index (χ4v) is 1.10. The minimum atomic E-state index is -0.270. The Bertz CT molecular complexity index is 334. The summed E-state index contributed by atoms with van der Waals surface area (Å²) < 4.78 is 13.2. The average molecular weight is 200 g/mol. The van der Waals surface area contributed by atoms with Gasteiger partial charge in [0.2, 0.25) is 0 Å². The standard InChI is InChI=1S/C10H11ClFN/c1-7-5-9(12)8(3-2-4-11)6-10(7)13/h2-3,5-6H,4,13H2,1H3. The fraction of sp³-hybridized carbons (Fsp3) is 0.200. The summed E-state index contributed by atoms with van der Waals surface area (Å²) in [5, 5.41) is 0. The van der Waals surface area contributed by atoms with Crippen molar-refractivity contribution in [3.05, 3.63) is 35.2 Å². The first-order chi connectivity index (χ1) is 6.15. The van der Waals surface area contributed by atoms with Crippen LogP contribution in [-0.4, -0.2) is 5.88 Å². The van der Waals surface area contributed by atoms with Crippen molar-refractivity contribution < 1.29 is 4.39 Å². The molecule has 0 aliphatic carbocycles. The molecule has 0 aromatic heterocycles. The molecule has 0 heterocycles. The van der Waals surface area contributed by atoms with Crippen molar-refractivity contribution in [3.63, 3.8) is 0 Å². The van der Waals surface area contributed by atoms with E-state index in [2.05, 4.69) is 0 Å². The van der Waals surface area contributed by atoms with Crippen LogP contribution in [-0.2, 0) is 0 Å². The second kappa shape index (κ2) is 4.28. The largest absolute Gasteiger partial charge is 0.398 e. The van der Waals surface area contributed by atoms with Gasteiger partial charge in [-0.05, 0) is 24.6 Å². The van der Waals surface area contributed by atoms with Crippen LogP contribution in [0, 0.1) is 12.7 Å². The van der Waals surface area contributed by atoms with Crippen LogP contribution in [0.3, 0.4) is 0 Å². The van der Waals surface area contributed by atoms with Crippen molar-refractivity contribution in [2.24, 2.45) is 0 Å². The van der Waals surface area contributed by atoms with Gasteiger partial charge in [0.1, 0.15) is 5.82 Å². The van der Waals surface area contributed by atoms with Gasteiger partial charge in [-0.3, -0.25) is 0 Å². The van der Waals surface area contributed by atoms with E-state index in [1.807, 2.05) is 0 Å². The van der Waals surface area contributed by atoms with E-state index in [9.17, 15) is 4.39 Å². The summed E-state index contributed by atoms with van der Waals surface area (Å²) in [6.07, 6.45) is 3.30. The van der Waals surface area contributed by atoms with E-state index in [1.54, 1.807) is 25.1 Å². The van der Waals surface area contributed by atoms with Crippen molar-refractivity contribution >= 4 is 23.4 Å². The van der Waals surface area contributed by atoms with Gasteiger partial charge in [-0.2, -0.15) is 0 Å². The molecule has 1 aromatic rings. The first kappa shape index (κ1) is 10.1. The molecule has 0 radical (unpaired) electrons. The highest BCUT2D eigenvalue weighted by atomic mass is 35.5. The Morgan fingerprint density at radius 2 is 2.23 bits per heavy atom. The molecule has 1 aromatic carbocycles. The molecule has 0 atom stereocenters. The second-order valence-corrected chi connectivity index (χ2v) is 3.10. The fourth-order valence-electron chi connectivity index (χ4n) is 1.01. The molecule has 70 valence electrons. The zero-order chi connectivity index (χ0) is 9.84. The normalized spacial score (nSPS) is 11.0. The van der Waals surface area contributed by atoms with Gasteiger partial charge in [-0.15, -0.1) is 11.6 Å². The Morgan fingerprint density at radius 1 is 1.54 bits per heavy atom. The molecule has 0 saturated heterocycles. The van der Waals surface area contributed by atoms with E-state index in [-0.39, 0.29) is 5.82 Å². The van der Waals surface area contributed by atoms with Crippen LogP contribution in [0.2, 0.25) is 0 Å². The van der Waals surface area contributed by atoms with E-state index in [0.29, 0.717) is 17.1 Å². The molecule has 0 amide bonds. The number of aryl methyl sites for hydroxylation is 1. The molecule has 0 spiro atoms.